The lowest BCUT2D eigenvalue weighted by atomic mass is 10.1. The molecule has 1 N–H and O–H groups in total. The Morgan fingerprint density at radius 3 is 2.35 bits per heavy atom. The van der Waals surface area contributed by atoms with E-state index in [4.69, 9.17) is 16.0 Å². The highest BCUT2D eigenvalue weighted by Gasteiger charge is 2.20. The van der Waals surface area contributed by atoms with Gasteiger partial charge in [-0.05, 0) is 72.4 Å². The zero-order chi connectivity index (χ0) is 24.1. The van der Waals surface area contributed by atoms with Gasteiger partial charge >= 0.3 is 0 Å². The third kappa shape index (κ3) is 5.63. The summed E-state index contributed by atoms with van der Waals surface area (Å²) in [4.78, 5) is 23.3. The van der Waals surface area contributed by atoms with Gasteiger partial charge in [0.05, 0.1) is 10.6 Å². The Bertz CT molecular complexity index is 1360. The van der Waals surface area contributed by atoms with E-state index in [2.05, 4.69) is 20.7 Å². The Kier molecular flexibility index (Phi) is 6.95. The molecular weight excluding hydrogens is 485 g/mol. The van der Waals surface area contributed by atoms with E-state index in [0.717, 1.165) is 23.9 Å². The summed E-state index contributed by atoms with van der Waals surface area (Å²) in [7, 11) is 0. The minimum atomic E-state index is -0.528. The average Bonchev–Trinajstić information content (AvgIpc) is 3.31. The summed E-state index contributed by atoms with van der Waals surface area (Å²) in [6.45, 7) is 0. The first kappa shape index (κ1) is 23.1. The van der Waals surface area contributed by atoms with Crippen molar-refractivity contribution in [2.24, 2.45) is 5.10 Å². The van der Waals surface area contributed by atoms with Gasteiger partial charge in [0, 0.05) is 28.3 Å². The number of nitrogens with zero attached hydrogens (tertiary/aromatic N) is 4. The average molecular weight is 498 g/mol. The summed E-state index contributed by atoms with van der Waals surface area (Å²) in [5.41, 5.74) is 3.82. The van der Waals surface area contributed by atoms with Crippen molar-refractivity contribution in [3.8, 4) is 11.5 Å². The van der Waals surface area contributed by atoms with Gasteiger partial charge in [-0.25, -0.2) is 4.39 Å². The molecule has 34 heavy (non-hydrogen) atoms. The van der Waals surface area contributed by atoms with Crippen molar-refractivity contribution in [3.05, 3.63) is 99.3 Å². The number of benzene rings is 3. The van der Waals surface area contributed by atoms with E-state index < -0.39 is 16.5 Å². The van der Waals surface area contributed by atoms with Crippen molar-refractivity contribution in [3.63, 3.8) is 0 Å². The van der Waals surface area contributed by atoms with Crippen LogP contribution in [0.4, 0.5) is 15.8 Å². The van der Waals surface area contributed by atoms with Crippen LogP contribution >= 0.6 is 23.4 Å². The Hall–Kier alpha value is -4.09. The number of nitro groups is 1. The summed E-state index contributed by atoms with van der Waals surface area (Å²) in [6, 6.07) is 17.2. The fourth-order valence-corrected chi connectivity index (χ4v) is 3.46. The molecule has 1 heterocycles. The van der Waals surface area contributed by atoms with Crippen molar-refractivity contribution in [2.75, 3.05) is 5.43 Å². The Labute approximate surface area is 200 Å². The number of aromatic nitrogens is 2. The number of hydrogen-bond donors (Lipinski definition) is 1. The summed E-state index contributed by atoms with van der Waals surface area (Å²) >= 11 is 6.71. The van der Waals surface area contributed by atoms with Gasteiger partial charge in [-0.1, -0.05) is 11.6 Å². The van der Waals surface area contributed by atoms with Crippen LogP contribution < -0.4 is 5.43 Å². The highest BCUT2D eigenvalue weighted by atomic mass is 35.5. The van der Waals surface area contributed by atoms with Crippen LogP contribution in [0.5, 0.6) is 0 Å². The van der Waals surface area contributed by atoms with Crippen molar-refractivity contribution >= 4 is 45.6 Å². The molecule has 0 unspecified atom stereocenters. The highest BCUT2D eigenvalue weighted by molar-refractivity contribution is 8.15. The molecule has 4 rings (SSSR count). The Morgan fingerprint density at radius 2 is 1.71 bits per heavy atom. The minimum Gasteiger partial charge on any atom is -0.411 e. The van der Waals surface area contributed by atoms with E-state index >= 15 is 0 Å². The van der Waals surface area contributed by atoms with Crippen LogP contribution in [0.1, 0.15) is 10.4 Å². The van der Waals surface area contributed by atoms with E-state index in [1.807, 2.05) is 0 Å². The van der Waals surface area contributed by atoms with Gasteiger partial charge in [-0.2, -0.15) is 5.10 Å². The molecule has 0 aliphatic carbocycles. The third-order valence-electron chi connectivity index (χ3n) is 4.35. The number of thioether (sulfide) groups is 1. The molecule has 0 fully saturated rings. The molecule has 12 heteroatoms. The number of nitrogens with one attached hydrogen (secondary N) is 1. The maximum atomic E-state index is 13.3. The standard InChI is InChI=1S/C22H13ClFN5O4S/c23-15-5-1-14(2-6-15)20-26-28-22(33-20)34-21(19(30)13-3-7-16(24)8-4-13)27-25-17-9-11-18(12-10-17)29(31)32/h1-12,25H. The number of rotatable bonds is 7. The molecule has 0 radical (unpaired) electrons. The molecule has 0 spiro atoms. The molecule has 1 aromatic heterocycles. The smallest absolute Gasteiger partial charge is 0.283 e. The first-order chi connectivity index (χ1) is 16.4. The van der Waals surface area contributed by atoms with Crippen molar-refractivity contribution in [1.82, 2.24) is 10.2 Å². The number of hydrazone groups is 1. The molecule has 0 bridgehead atoms. The van der Waals surface area contributed by atoms with Gasteiger partial charge in [0.25, 0.3) is 10.9 Å². The molecular formula is C22H13ClFN5O4S. The molecule has 9 nitrogen and oxygen atoms in total. The second kappa shape index (κ2) is 10.2. The number of halogens is 2. The predicted molar refractivity (Wildman–Crippen MR) is 125 cm³/mol. The van der Waals surface area contributed by atoms with Crippen LogP contribution in [0.15, 0.2) is 87.5 Å². The second-order valence-electron chi connectivity index (χ2n) is 6.65. The molecule has 3 aromatic carbocycles. The van der Waals surface area contributed by atoms with Gasteiger partial charge in [0.2, 0.25) is 11.7 Å². The molecule has 4 aromatic rings. The summed E-state index contributed by atoms with van der Waals surface area (Å²) in [5.74, 6) is -0.794. The lowest BCUT2D eigenvalue weighted by Crippen LogP contribution is -2.13. The SMILES string of the molecule is O=C(C(=NNc1ccc([N+](=O)[O-])cc1)Sc1nnc(-c2ccc(Cl)cc2)o1)c1ccc(F)cc1. The quantitative estimate of drug-likeness (QED) is 0.0843. The van der Waals surface area contributed by atoms with E-state index in [1.54, 1.807) is 24.3 Å². The Balaban J connectivity index is 1.60. The topological polar surface area (TPSA) is 124 Å². The van der Waals surface area contributed by atoms with E-state index in [1.165, 1.54) is 36.4 Å². The van der Waals surface area contributed by atoms with Crippen LogP contribution in [-0.4, -0.2) is 25.9 Å². The second-order valence-corrected chi connectivity index (χ2v) is 8.03. The minimum absolute atomic E-state index is 0.0460. The molecule has 0 aliphatic heterocycles. The van der Waals surface area contributed by atoms with Crippen LogP contribution in [0, 0.1) is 15.9 Å². The molecule has 0 saturated heterocycles. The number of ketones is 1. The maximum absolute atomic E-state index is 13.3. The van der Waals surface area contributed by atoms with Gasteiger partial charge in [0.15, 0.2) is 5.04 Å². The molecule has 170 valence electrons. The number of hydrogen-bond acceptors (Lipinski definition) is 9. The monoisotopic (exact) mass is 497 g/mol. The van der Waals surface area contributed by atoms with Crippen molar-refractivity contribution < 1.29 is 18.5 Å². The van der Waals surface area contributed by atoms with Crippen LogP contribution in [-0.2, 0) is 0 Å². The third-order valence-corrected chi connectivity index (χ3v) is 5.41. The van der Waals surface area contributed by atoms with E-state index in [9.17, 15) is 19.3 Å². The predicted octanol–water partition coefficient (Wildman–Crippen LogP) is 5.84. The summed E-state index contributed by atoms with van der Waals surface area (Å²) < 4.78 is 18.9. The molecule has 0 saturated carbocycles. The normalized spacial score (nSPS) is 11.3. The number of anilines is 1. The molecule has 0 aliphatic rings. The van der Waals surface area contributed by atoms with E-state index in [-0.39, 0.29) is 27.4 Å². The molecule has 0 atom stereocenters. The number of carbonyl (C=O) groups excluding carboxylic acids is 1. The van der Waals surface area contributed by atoms with Crippen LogP contribution in [0.2, 0.25) is 5.02 Å². The summed E-state index contributed by atoms with van der Waals surface area (Å²) in [5, 5.41) is 23.4. The fraction of sp³-hybridized carbons (Fsp3) is 0. The van der Waals surface area contributed by atoms with Gasteiger partial charge < -0.3 is 4.42 Å². The first-order valence-corrected chi connectivity index (χ1v) is 10.7. The number of Topliss-reactive ketones (excluding diaryl/α,β-unsaturated/α-hetero) is 1. The van der Waals surface area contributed by atoms with Gasteiger partial charge in [0.1, 0.15) is 5.82 Å². The lowest BCUT2D eigenvalue weighted by Gasteiger charge is -2.05. The fourth-order valence-electron chi connectivity index (χ4n) is 2.66. The maximum Gasteiger partial charge on any atom is 0.283 e. The number of non-ortho nitro benzene ring substituents is 1. The summed E-state index contributed by atoms with van der Waals surface area (Å²) in [6.07, 6.45) is 0. The lowest BCUT2D eigenvalue weighted by molar-refractivity contribution is -0.384. The first-order valence-electron chi connectivity index (χ1n) is 9.55. The zero-order valence-electron chi connectivity index (χ0n) is 17.0. The number of nitro benzene ring substituents is 1. The van der Waals surface area contributed by atoms with Gasteiger partial charge in [-0.3, -0.25) is 20.3 Å². The van der Waals surface area contributed by atoms with Crippen molar-refractivity contribution in [2.45, 2.75) is 5.22 Å². The van der Waals surface area contributed by atoms with Crippen molar-refractivity contribution in [1.29, 1.82) is 0 Å². The van der Waals surface area contributed by atoms with E-state index in [0.29, 0.717) is 16.3 Å². The van der Waals surface area contributed by atoms with Gasteiger partial charge in [-0.15, -0.1) is 10.2 Å². The highest BCUT2D eigenvalue weighted by Crippen LogP contribution is 2.27. The van der Waals surface area contributed by atoms with Crippen LogP contribution in [0.3, 0.4) is 0 Å². The zero-order valence-corrected chi connectivity index (χ0v) is 18.6. The van der Waals surface area contributed by atoms with Crippen LogP contribution in [0.25, 0.3) is 11.5 Å². The Morgan fingerprint density at radius 1 is 1.03 bits per heavy atom. The number of carbonyl (C=O) groups is 1. The molecule has 0 amide bonds. The largest absolute Gasteiger partial charge is 0.411 e.